The van der Waals surface area contributed by atoms with Gasteiger partial charge in [0.25, 0.3) is 0 Å². The van der Waals surface area contributed by atoms with E-state index in [0.717, 1.165) is 31.7 Å². The van der Waals surface area contributed by atoms with E-state index in [1.165, 1.54) is 0 Å². The highest BCUT2D eigenvalue weighted by Gasteiger charge is 2.25. The number of rotatable bonds is 6. The average Bonchev–Trinajstić information content (AvgIpc) is 2.84. The molecule has 1 aliphatic rings. The van der Waals surface area contributed by atoms with Crippen LogP contribution in [0.25, 0.3) is 0 Å². The lowest BCUT2D eigenvalue weighted by Crippen LogP contribution is -2.28. The Hall–Kier alpha value is -0.610. The molecular formula is C16H24ClNO2. The molecule has 4 heteroatoms. The maximum Gasteiger partial charge on any atom is 0.0931 e. The first-order chi connectivity index (χ1) is 9.56. The third kappa shape index (κ3) is 4.45. The van der Waals surface area contributed by atoms with Crippen LogP contribution in [0.2, 0.25) is 5.02 Å². The Morgan fingerprint density at radius 3 is 2.85 bits per heavy atom. The van der Waals surface area contributed by atoms with Crippen LogP contribution in [0.1, 0.15) is 31.9 Å². The van der Waals surface area contributed by atoms with Crippen LogP contribution in [0.15, 0.2) is 24.3 Å². The fourth-order valence-corrected chi connectivity index (χ4v) is 2.78. The summed E-state index contributed by atoms with van der Waals surface area (Å²) in [4.78, 5) is 2.25. The van der Waals surface area contributed by atoms with Crippen LogP contribution in [0.5, 0.6) is 0 Å². The van der Waals surface area contributed by atoms with Gasteiger partial charge in [0, 0.05) is 36.8 Å². The Morgan fingerprint density at radius 2 is 2.15 bits per heavy atom. The summed E-state index contributed by atoms with van der Waals surface area (Å²) in [6, 6.07) is 7.49. The van der Waals surface area contributed by atoms with Crippen molar-refractivity contribution in [2.24, 2.45) is 5.92 Å². The van der Waals surface area contributed by atoms with Gasteiger partial charge in [0.1, 0.15) is 0 Å². The van der Waals surface area contributed by atoms with Crippen molar-refractivity contribution in [2.75, 3.05) is 26.2 Å². The van der Waals surface area contributed by atoms with Crippen molar-refractivity contribution < 1.29 is 9.84 Å². The molecule has 0 saturated carbocycles. The molecular weight excluding hydrogens is 274 g/mol. The molecule has 1 saturated heterocycles. The highest BCUT2D eigenvalue weighted by atomic mass is 35.5. The van der Waals surface area contributed by atoms with Crippen molar-refractivity contribution in [3.8, 4) is 0 Å². The van der Waals surface area contributed by atoms with E-state index in [1.54, 1.807) is 0 Å². The zero-order valence-electron chi connectivity index (χ0n) is 12.3. The lowest BCUT2D eigenvalue weighted by Gasteiger charge is -2.21. The Balaban J connectivity index is 1.81. The molecule has 2 unspecified atom stereocenters. The summed E-state index contributed by atoms with van der Waals surface area (Å²) < 4.78 is 5.86. The zero-order valence-corrected chi connectivity index (χ0v) is 13.0. The number of β-amino-alcohol motifs (C(OH)–C–C–N with tert-alkyl or cyclic N) is 1. The molecule has 0 aromatic heterocycles. The van der Waals surface area contributed by atoms with E-state index in [-0.39, 0.29) is 0 Å². The molecule has 1 N–H and O–H groups in total. The predicted octanol–water partition coefficient (Wildman–Crippen LogP) is 3.12. The highest BCUT2D eigenvalue weighted by Crippen LogP contribution is 2.25. The van der Waals surface area contributed by atoms with Crippen molar-refractivity contribution in [3.63, 3.8) is 0 Å². The van der Waals surface area contributed by atoms with Gasteiger partial charge >= 0.3 is 0 Å². The zero-order chi connectivity index (χ0) is 14.5. The number of nitrogens with zero attached hydrogens (tertiary/aromatic N) is 1. The Labute approximate surface area is 126 Å². The fourth-order valence-electron chi connectivity index (χ4n) is 2.52. The van der Waals surface area contributed by atoms with Crippen LogP contribution in [-0.4, -0.2) is 42.4 Å². The van der Waals surface area contributed by atoms with Gasteiger partial charge < -0.3 is 9.84 Å². The highest BCUT2D eigenvalue weighted by molar-refractivity contribution is 6.31. The Bertz CT molecular complexity index is 425. The maximum absolute atomic E-state index is 10.3. The summed E-state index contributed by atoms with van der Waals surface area (Å²) in [6.45, 7) is 7.62. The summed E-state index contributed by atoms with van der Waals surface area (Å²) in [6.07, 6.45) is 0.811. The molecule has 112 valence electrons. The van der Waals surface area contributed by atoms with Gasteiger partial charge in [-0.05, 0) is 18.4 Å². The molecule has 1 heterocycles. The maximum atomic E-state index is 10.3. The largest absolute Gasteiger partial charge is 0.387 e. The second kappa shape index (κ2) is 7.41. The van der Waals surface area contributed by atoms with Gasteiger partial charge in [-0.3, -0.25) is 4.90 Å². The number of hydrogen-bond acceptors (Lipinski definition) is 3. The summed E-state index contributed by atoms with van der Waals surface area (Å²) in [5.41, 5.74) is 0.806. The molecule has 0 amide bonds. The minimum Gasteiger partial charge on any atom is -0.387 e. The van der Waals surface area contributed by atoms with Crippen molar-refractivity contribution in [3.05, 3.63) is 34.9 Å². The van der Waals surface area contributed by atoms with E-state index in [0.29, 0.717) is 23.6 Å². The smallest absolute Gasteiger partial charge is 0.0931 e. The normalized spacial score (nSPS) is 21.6. The van der Waals surface area contributed by atoms with Crippen molar-refractivity contribution >= 4 is 11.6 Å². The molecule has 1 aromatic carbocycles. The van der Waals surface area contributed by atoms with Crippen LogP contribution in [0.4, 0.5) is 0 Å². The number of halogens is 1. The second-order valence-electron chi connectivity index (χ2n) is 5.93. The van der Waals surface area contributed by atoms with Crippen LogP contribution < -0.4 is 0 Å². The monoisotopic (exact) mass is 297 g/mol. The molecule has 0 aliphatic carbocycles. The molecule has 20 heavy (non-hydrogen) atoms. The van der Waals surface area contributed by atoms with Gasteiger partial charge in [0.05, 0.1) is 12.2 Å². The summed E-state index contributed by atoms with van der Waals surface area (Å²) in [5, 5.41) is 10.9. The van der Waals surface area contributed by atoms with E-state index >= 15 is 0 Å². The first kappa shape index (κ1) is 15.8. The van der Waals surface area contributed by atoms with Gasteiger partial charge in [0.15, 0.2) is 0 Å². The van der Waals surface area contributed by atoms with E-state index in [2.05, 4.69) is 18.7 Å². The van der Waals surface area contributed by atoms with Gasteiger partial charge in [-0.2, -0.15) is 0 Å². The molecule has 0 bridgehead atoms. The SMILES string of the molecule is CC(C)COC1CCN(CC(O)c2ccccc2Cl)C1. The predicted molar refractivity (Wildman–Crippen MR) is 82.0 cm³/mol. The molecule has 0 spiro atoms. The average molecular weight is 298 g/mol. The summed E-state index contributed by atoms with van der Waals surface area (Å²) >= 11 is 6.11. The van der Waals surface area contributed by atoms with E-state index in [4.69, 9.17) is 16.3 Å². The number of likely N-dealkylation sites (tertiary alicyclic amines) is 1. The molecule has 2 rings (SSSR count). The van der Waals surface area contributed by atoms with Crippen LogP contribution in [-0.2, 0) is 4.74 Å². The standard InChI is InChI=1S/C16H24ClNO2/c1-12(2)11-20-13-7-8-18(9-13)10-16(19)14-5-3-4-6-15(14)17/h3-6,12-13,16,19H,7-11H2,1-2H3. The van der Waals surface area contributed by atoms with Gasteiger partial charge in [0.2, 0.25) is 0 Å². The topological polar surface area (TPSA) is 32.7 Å². The molecule has 2 atom stereocenters. The van der Waals surface area contributed by atoms with E-state index in [1.807, 2.05) is 24.3 Å². The quantitative estimate of drug-likeness (QED) is 0.876. The lowest BCUT2D eigenvalue weighted by atomic mass is 10.1. The number of benzene rings is 1. The first-order valence-electron chi connectivity index (χ1n) is 7.32. The molecule has 1 aliphatic heterocycles. The van der Waals surface area contributed by atoms with Crippen LogP contribution >= 0.6 is 11.6 Å². The first-order valence-corrected chi connectivity index (χ1v) is 7.70. The molecule has 1 fully saturated rings. The number of aliphatic hydroxyl groups excluding tert-OH is 1. The lowest BCUT2D eigenvalue weighted by molar-refractivity contribution is 0.0374. The third-order valence-electron chi connectivity index (χ3n) is 3.59. The number of ether oxygens (including phenoxy) is 1. The number of aliphatic hydroxyl groups is 1. The van der Waals surface area contributed by atoms with Gasteiger partial charge in [-0.1, -0.05) is 43.6 Å². The van der Waals surface area contributed by atoms with Crippen molar-refractivity contribution in [1.82, 2.24) is 4.90 Å². The third-order valence-corrected chi connectivity index (χ3v) is 3.93. The summed E-state index contributed by atoms with van der Waals surface area (Å²) in [5.74, 6) is 0.567. The number of hydrogen-bond donors (Lipinski definition) is 1. The molecule has 0 radical (unpaired) electrons. The minimum atomic E-state index is -0.535. The van der Waals surface area contributed by atoms with Gasteiger partial charge in [-0.15, -0.1) is 0 Å². The molecule has 3 nitrogen and oxygen atoms in total. The minimum absolute atomic E-state index is 0.302. The van der Waals surface area contributed by atoms with E-state index < -0.39 is 6.10 Å². The fraction of sp³-hybridized carbons (Fsp3) is 0.625. The Kier molecular flexibility index (Phi) is 5.85. The van der Waals surface area contributed by atoms with Crippen LogP contribution in [0, 0.1) is 5.92 Å². The summed E-state index contributed by atoms with van der Waals surface area (Å²) in [7, 11) is 0. The van der Waals surface area contributed by atoms with E-state index in [9.17, 15) is 5.11 Å². The van der Waals surface area contributed by atoms with Crippen molar-refractivity contribution in [2.45, 2.75) is 32.5 Å². The second-order valence-corrected chi connectivity index (χ2v) is 6.34. The van der Waals surface area contributed by atoms with Crippen molar-refractivity contribution in [1.29, 1.82) is 0 Å². The molecule has 1 aromatic rings. The Morgan fingerprint density at radius 1 is 1.40 bits per heavy atom. The van der Waals surface area contributed by atoms with Crippen LogP contribution in [0.3, 0.4) is 0 Å². The van der Waals surface area contributed by atoms with Gasteiger partial charge in [-0.25, -0.2) is 0 Å².